The topological polar surface area (TPSA) is 29.3 Å². The molecular weight excluding hydrogens is 292 g/mol. The Bertz CT molecular complexity index is 630. The molecule has 3 rings (SSSR count). The van der Waals surface area contributed by atoms with Crippen molar-refractivity contribution in [3.05, 3.63) is 70.8 Å². The van der Waals surface area contributed by atoms with Crippen molar-refractivity contribution in [2.24, 2.45) is 5.73 Å². The zero-order chi connectivity index (χ0) is 16.9. The van der Waals surface area contributed by atoms with Gasteiger partial charge in [0.1, 0.15) is 0 Å². The molecule has 0 radical (unpaired) electrons. The highest BCUT2D eigenvalue weighted by Gasteiger charge is 2.30. The molecule has 1 aliphatic heterocycles. The van der Waals surface area contributed by atoms with Crippen LogP contribution in [0.4, 0.5) is 0 Å². The summed E-state index contributed by atoms with van der Waals surface area (Å²) in [6.45, 7) is 7.31. The average Bonchev–Trinajstić information content (AvgIpc) is 2.57. The van der Waals surface area contributed by atoms with Crippen LogP contribution in [-0.4, -0.2) is 24.0 Å². The van der Waals surface area contributed by atoms with Gasteiger partial charge in [0.05, 0.1) is 0 Å². The molecular formula is C22H30N2. The van der Waals surface area contributed by atoms with Gasteiger partial charge in [-0.3, -0.25) is 4.90 Å². The van der Waals surface area contributed by atoms with Gasteiger partial charge >= 0.3 is 0 Å². The van der Waals surface area contributed by atoms with Gasteiger partial charge in [0.2, 0.25) is 0 Å². The van der Waals surface area contributed by atoms with Crippen molar-refractivity contribution in [2.75, 3.05) is 13.1 Å². The van der Waals surface area contributed by atoms with Crippen LogP contribution in [-0.2, 0) is 6.54 Å². The summed E-state index contributed by atoms with van der Waals surface area (Å²) in [5, 5.41) is 0. The summed E-state index contributed by atoms with van der Waals surface area (Å²) in [5.41, 5.74) is 11.8. The predicted octanol–water partition coefficient (Wildman–Crippen LogP) is 4.40. The van der Waals surface area contributed by atoms with Gasteiger partial charge in [0.15, 0.2) is 0 Å². The standard InChI is InChI=1S/C22H30N2/c1-17-12-18(2)14-20(13-17)21(15-23)22-10-6-7-11-24(22)16-19-8-4-3-5-9-19/h3-5,8-9,12-14,21-22H,6-7,10-11,15-16,23H2,1-2H3. The third-order valence-corrected chi connectivity index (χ3v) is 5.28. The van der Waals surface area contributed by atoms with Crippen LogP contribution in [0.1, 0.15) is 47.4 Å². The number of rotatable bonds is 5. The van der Waals surface area contributed by atoms with Crippen molar-refractivity contribution in [3.8, 4) is 0 Å². The lowest BCUT2D eigenvalue weighted by Crippen LogP contribution is -2.44. The number of hydrogen-bond donors (Lipinski definition) is 1. The molecule has 24 heavy (non-hydrogen) atoms. The number of likely N-dealkylation sites (tertiary alicyclic amines) is 1. The Labute approximate surface area is 146 Å². The summed E-state index contributed by atoms with van der Waals surface area (Å²) in [4.78, 5) is 2.66. The molecule has 1 saturated heterocycles. The monoisotopic (exact) mass is 322 g/mol. The number of aryl methyl sites for hydroxylation is 2. The lowest BCUT2D eigenvalue weighted by atomic mass is 9.84. The Morgan fingerprint density at radius 3 is 2.42 bits per heavy atom. The van der Waals surface area contributed by atoms with E-state index < -0.39 is 0 Å². The first kappa shape index (κ1) is 17.2. The number of nitrogens with zero attached hydrogens (tertiary/aromatic N) is 1. The summed E-state index contributed by atoms with van der Waals surface area (Å²) >= 11 is 0. The van der Waals surface area contributed by atoms with E-state index in [0.717, 1.165) is 13.1 Å². The Balaban J connectivity index is 1.84. The summed E-state index contributed by atoms with van der Waals surface area (Å²) in [6.07, 6.45) is 3.87. The van der Waals surface area contributed by atoms with Gasteiger partial charge < -0.3 is 5.73 Å². The molecule has 1 heterocycles. The highest BCUT2D eigenvalue weighted by molar-refractivity contribution is 5.32. The van der Waals surface area contributed by atoms with E-state index in [0.29, 0.717) is 12.0 Å². The Kier molecular flexibility index (Phi) is 5.70. The number of nitrogens with two attached hydrogens (primary N) is 1. The van der Waals surface area contributed by atoms with Crippen LogP contribution < -0.4 is 5.73 Å². The van der Waals surface area contributed by atoms with E-state index in [9.17, 15) is 0 Å². The van der Waals surface area contributed by atoms with Crippen molar-refractivity contribution in [1.82, 2.24) is 4.90 Å². The second-order valence-electron chi connectivity index (χ2n) is 7.28. The van der Waals surface area contributed by atoms with E-state index in [1.165, 1.54) is 48.1 Å². The number of benzene rings is 2. The minimum Gasteiger partial charge on any atom is -0.330 e. The first-order valence-corrected chi connectivity index (χ1v) is 9.23. The second-order valence-corrected chi connectivity index (χ2v) is 7.28. The fraction of sp³-hybridized carbons (Fsp3) is 0.455. The Hall–Kier alpha value is -1.64. The smallest absolute Gasteiger partial charge is 0.0236 e. The lowest BCUT2D eigenvalue weighted by Gasteiger charge is -2.40. The molecule has 1 aliphatic rings. The fourth-order valence-electron chi connectivity index (χ4n) is 4.23. The van der Waals surface area contributed by atoms with Gasteiger partial charge in [-0.1, -0.05) is 66.1 Å². The van der Waals surface area contributed by atoms with E-state index in [-0.39, 0.29) is 0 Å². The maximum Gasteiger partial charge on any atom is 0.0236 e. The first-order chi connectivity index (χ1) is 11.7. The van der Waals surface area contributed by atoms with Crippen LogP contribution >= 0.6 is 0 Å². The number of piperidine rings is 1. The van der Waals surface area contributed by atoms with E-state index in [1.807, 2.05) is 0 Å². The van der Waals surface area contributed by atoms with E-state index in [2.05, 4.69) is 67.3 Å². The molecule has 2 nitrogen and oxygen atoms in total. The van der Waals surface area contributed by atoms with Crippen LogP contribution in [0.15, 0.2) is 48.5 Å². The molecule has 0 aromatic heterocycles. The maximum absolute atomic E-state index is 6.26. The third kappa shape index (κ3) is 4.06. The SMILES string of the molecule is Cc1cc(C)cc(C(CN)C2CCCCN2Cc2ccccc2)c1. The first-order valence-electron chi connectivity index (χ1n) is 9.23. The van der Waals surface area contributed by atoms with Crippen LogP contribution in [0.25, 0.3) is 0 Å². The minimum absolute atomic E-state index is 0.424. The summed E-state index contributed by atoms with van der Waals surface area (Å²) in [5.74, 6) is 0.424. The molecule has 2 atom stereocenters. The highest BCUT2D eigenvalue weighted by Crippen LogP contribution is 2.32. The van der Waals surface area contributed by atoms with Gasteiger partial charge in [-0.05, 0) is 44.4 Å². The second kappa shape index (κ2) is 7.96. The van der Waals surface area contributed by atoms with Crippen molar-refractivity contribution in [3.63, 3.8) is 0 Å². The zero-order valence-electron chi connectivity index (χ0n) is 15.0. The molecule has 2 aromatic carbocycles. The van der Waals surface area contributed by atoms with Gasteiger partial charge in [0, 0.05) is 25.0 Å². The van der Waals surface area contributed by atoms with Crippen molar-refractivity contribution < 1.29 is 0 Å². The van der Waals surface area contributed by atoms with Crippen molar-refractivity contribution >= 4 is 0 Å². The highest BCUT2D eigenvalue weighted by atomic mass is 15.2. The molecule has 0 amide bonds. The predicted molar refractivity (Wildman–Crippen MR) is 102 cm³/mol. The van der Waals surface area contributed by atoms with Gasteiger partial charge in [-0.2, -0.15) is 0 Å². The third-order valence-electron chi connectivity index (χ3n) is 5.28. The van der Waals surface area contributed by atoms with Crippen molar-refractivity contribution in [1.29, 1.82) is 0 Å². The molecule has 1 fully saturated rings. The summed E-state index contributed by atoms with van der Waals surface area (Å²) in [7, 11) is 0. The van der Waals surface area contributed by atoms with E-state index >= 15 is 0 Å². The molecule has 128 valence electrons. The van der Waals surface area contributed by atoms with E-state index in [1.54, 1.807) is 0 Å². The van der Waals surface area contributed by atoms with Crippen LogP contribution in [0, 0.1) is 13.8 Å². The largest absolute Gasteiger partial charge is 0.330 e. The lowest BCUT2D eigenvalue weighted by molar-refractivity contribution is 0.119. The fourth-order valence-corrected chi connectivity index (χ4v) is 4.23. The van der Waals surface area contributed by atoms with Gasteiger partial charge in [-0.25, -0.2) is 0 Å². The molecule has 0 saturated carbocycles. The molecule has 2 N–H and O–H groups in total. The molecule has 2 heteroatoms. The molecule has 2 unspecified atom stereocenters. The van der Waals surface area contributed by atoms with Crippen molar-refractivity contribution in [2.45, 2.75) is 51.6 Å². The van der Waals surface area contributed by atoms with Gasteiger partial charge in [0.25, 0.3) is 0 Å². The summed E-state index contributed by atoms with van der Waals surface area (Å²) < 4.78 is 0. The maximum atomic E-state index is 6.26. The molecule has 0 aliphatic carbocycles. The van der Waals surface area contributed by atoms with Crippen LogP contribution in [0.3, 0.4) is 0 Å². The van der Waals surface area contributed by atoms with Crippen LogP contribution in [0.5, 0.6) is 0 Å². The quantitative estimate of drug-likeness (QED) is 0.884. The Morgan fingerprint density at radius 2 is 1.75 bits per heavy atom. The molecule has 2 aromatic rings. The molecule has 0 bridgehead atoms. The molecule has 0 spiro atoms. The normalized spacial score (nSPS) is 20.0. The average molecular weight is 322 g/mol. The Morgan fingerprint density at radius 1 is 1.04 bits per heavy atom. The van der Waals surface area contributed by atoms with E-state index in [4.69, 9.17) is 5.73 Å². The zero-order valence-corrected chi connectivity index (χ0v) is 15.0. The minimum atomic E-state index is 0.424. The van der Waals surface area contributed by atoms with Crippen LogP contribution in [0.2, 0.25) is 0 Å². The number of hydrogen-bond acceptors (Lipinski definition) is 2. The van der Waals surface area contributed by atoms with Gasteiger partial charge in [-0.15, -0.1) is 0 Å². The summed E-state index contributed by atoms with van der Waals surface area (Å²) in [6, 6.07) is 18.3.